The fourth-order valence-electron chi connectivity index (χ4n) is 2.89. The average molecular weight is 343 g/mol. The highest BCUT2D eigenvalue weighted by atomic mass is 35.5. The lowest BCUT2D eigenvalue weighted by atomic mass is 10.00. The number of carbonyl (C=O) groups is 1. The predicted octanol–water partition coefficient (Wildman–Crippen LogP) is 3.50. The van der Waals surface area contributed by atoms with Gasteiger partial charge in [0.15, 0.2) is 0 Å². The first-order valence-electron chi connectivity index (χ1n) is 7.33. The molecule has 1 amide bonds. The fourth-order valence-corrected chi connectivity index (χ4v) is 4.02. The standard InChI is InChI=1S/C16H19FN2OS.ClH/c1-10-14-12(17)5-2-6-13(14)21-15(10)16(20)19-9-11-4-3-7-18-8-11;/h2,5-6,11,18H,3-4,7-9H2,1H3,(H,19,20);1H. The van der Waals surface area contributed by atoms with Gasteiger partial charge >= 0.3 is 0 Å². The molecule has 1 unspecified atom stereocenters. The number of fused-ring (bicyclic) bond motifs is 1. The number of thiophene rings is 1. The second-order valence-electron chi connectivity index (χ2n) is 5.59. The van der Waals surface area contributed by atoms with Crippen LogP contribution in [0.15, 0.2) is 18.2 Å². The highest BCUT2D eigenvalue weighted by Crippen LogP contribution is 2.32. The Morgan fingerprint density at radius 2 is 2.32 bits per heavy atom. The van der Waals surface area contributed by atoms with Gasteiger partial charge in [0.05, 0.1) is 4.88 Å². The lowest BCUT2D eigenvalue weighted by Gasteiger charge is -2.22. The van der Waals surface area contributed by atoms with Gasteiger partial charge in [-0.3, -0.25) is 4.79 Å². The van der Waals surface area contributed by atoms with Crippen LogP contribution in [-0.4, -0.2) is 25.5 Å². The molecular formula is C16H20ClFN2OS. The molecule has 1 aliphatic rings. The van der Waals surface area contributed by atoms with Crippen molar-refractivity contribution in [1.29, 1.82) is 0 Å². The van der Waals surface area contributed by atoms with Crippen LogP contribution in [0.5, 0.6) is 0 Å². The fraction of sp³-hybridized carbons (Fsp3) is 0.438. The Balaban J connectivity index is 0.00000176. The van der Waals surface area contributed by atoms with Crippen molar-refractivity contribution in [1.82, 2.24) is 10.6 Å². The largest absolute Gasteiger partial charge is 0.351 e. The Morgan fingerprint density at radius 1 is 1.50 bits per heavy atom. The summed E-state index contributed by atoms with van der Waals surface area (Å²) in [5.74, 6) is 0.157. The lowest BCUT2D eigenvalue weighted by molar-refractivity contribution is 0.0948. The van der Waals surface area contributed by atoms with Gasteiger partial charge in [0, 0.05) is 16.6 Å². The van der Waals surface area contributed by atoms with Crippen LogP contribution in [0.3, 0.4) is 0 Å². The van der Waals surface area contributed by atoms with Crippen molar-refractivity contribution < 1.29 is 9.18 Å². The maximum absolute atomic E-state index is 13.9. The molecule has 2 aromatic rings. The summed E-state index contributed by atoms with van der Waals surface area (Å²) < 4.78 is 14.7. The number of rotatable bonds is 3. The minimum atomic E-state index is -0.253. The van der Waals surface area contributed by atoms with Crippen LogP contribution in [0.4, 0.5) is 4.39 Å². The highest BCUT2D eigenvalue weighted by molar-refractivity contribution is 7.21. The first-order valence-corrected chi connectivity index (χ1v) is 8.15. The summed E-state index contributed by atoms with van der Waals surface area (Å²) in [6.07, 6.45) is 2.31. The number of hydrogen-bond donors (Lipinski definition) is 2. The number of benzene rings is 1. The Bertz CT molecular complexity index is 667. The molecule has 2 heterocycles. The molecule has 0 bridgehead atoms. The first kappa shape index (κ1) is 17.2. The number of amides is 1. The van der Waals surface area contributed by atoms with Crippen LogP contribution in [0.1, 0.15) is 28.1 Å². The van der Waals surface area contributed by atoms with E-state index in [4.69, 9.17) is 0 Å². The number of carbonyl (C=O) groups excluding carboxylic acids is 1. The molecule has 0 spiro atoms. The maximum Gasteiger partial charge on any atom is 0.261 e. The minimum Gasteiger partial charge on any atom is -0.351 e. The topological polar surface area (TPSA) is 41.1 Å². The normalized spacial score (nSPS) is 18.0. The molecule has 1 aromatic carbocycles. The van der Waals surface area contributed by atoms with Gasteiger partial charge in [-0.05, 0) is 56.5 Å². The van der Waals surface area contributed by atoms with Crippen molar-refractivity contribution >= 4 is 39.7 Å². The van der Waals surface area contributed by atoms with Crippen molar-refractivity contribution in [2.45, 2.75) is 19.8 Å². The minimum absolute atomic E-state index is 0. The van der Waals surface area contributed by atoms with Crippen molar-refractivity contribution in [2.75, 3.05) is 19.6 Å². The lowest BCUT2D eigenvalue weighted by Crippen LogP contribution is -2.38. The monoisotopic (exact) mass is 342 g/mol. The molecule has 3 nitrogen and oxygen atoms in total. The summed E-state index contributed by atoms with van der Waals surface area (Å²) in [4.78, 5) is 13.0. The Hall–Kier alpha value is -1.17. The molecule has 120 valence electrons. The molecule has 1 aliphatic heterocycles. The van der Waals surface area contributed by atoms with Crippen LogP contribution in [0.2, 0.25) is 0 Å². The molecule has 1 atom stereocenters. The molecule has 0 radical (unpaired) electrons. The van der Waals surface area contributed by atoms with Crippen molar-refractivity contribution in [2.24, 2.45) is 5.92 Å². The van der Waals surface area contributed by atoms with Gasteiger partial charge in [-0.1, -0.05) is 6.07 Å². The average Bonchev–Trinajstić information content (AvgIpc) is 2.84. The van der Waals surface area contributed by atoms with Gasteiger partial charge in [0.1, 0.15) is 5.82 Å². The van der Waals surface area contributed by atoms with E-state index in [0.717, 1.165) is 36.2 Å². The SMILES string of the molecule is Cc1c(C(=O)NCC2CCCNC2)sc2cccc(F)c12.Cl. The van der Waals surface area contributed by atoms with E-state index in [1.165, 1.54) is 17.4 Å². The van der Waals surface area contributed by atoms with Crippen molar-refractivity contribution in [3.63, 3.8) is 0 Å². The molecule has 0 aliphatic carbocycles. The van der Waals surface area contributed by atoms with E-state index in [-0.39, 0.29) is 24.1 Å². The van der Waals surface area contributed by atoms with Gasteiger partial charge < -0.3 is 10.6 Å². The molecule has 2 N–H and O–H groups in total. The second kappa shape index (κ2) is 7.40. The Labute approximate surface area is 139 Å². The Morgan fingerprint density at radius 3 is 3.00 bits per heavy atom. The van der Waals surface area contributed by atoms with E-state index in [0.29, 0.717) is 22.7 Å². The predicted molar refractivity (Wildman–Crippen MR) is 91.7 cm³/mol. The van der Waals surface area contributed by atoms with E-state index < -0.39 is 0 Å². The van der Waals surface area contributed by atoms with Gasteiger partial charge in [-0.15, -0.1) is 23.7 Å². The summed E-state index contributed by atoms with van der Waals surface area (Å²) in [6, 6.07) is 4.98. The van der Waals surface area contributed by atoms with Crippen LogP contribution in [-0.2, 0) is 0 Å². The zero-order valence-electron chi connectivity index (χ0n) is 12.4. The van der Waals surface area contributed by atoms with Crippen LogP contribution >= 0.6 is 23.7 Å². The van der Waals surface area contributed by atoms with Gasteiger partial charge in [-0.25, -0.2) is 4.39 Å². The third kappa shape index (κ3) is 3.42. The van der Waals surface area contributed by atoms with Gasteiger partial charge in [-0.2, -0.15) is 0 Å². The number of halogens is 2. The summed E-state index contributed by atoms with van der Waals surface area (Å²) in [5.41, 5.74) is 0.743. The van der Waals surface area contributed by atoms with Crippen LogP contribution in [0, 0.1) is 18.7 Å². The van der Waals surface area contributed by atoms with E-state index in [2.05, 4.69) is 10.6 Å². The van der Waals surface area contributed by atoms with Crippen LogP contribution in [0.25, 0.3) is 10.1 Å². The second-order valence-corrected chi connectivity index (χ2v) is 6.64. The summed E-state index contributed by atoms with van der Waals surface area (Å²) in [7, 11) is 0. The van der Waals surface area contributed by atoms with Gasteiger partial charge in [0.2, 0.25) is 0 Å². The number of piperidine rings is 1. The summed E-state index contributed by atoms with van der Waals surface area (Å²) in [5, 5.41) is 6.92. The quantitative estimate of drug-likeness (QED) is 0.896. The highest BCUT2D eigenvalue weighted by Gasteiger charge is 2.19. The van der Waals surface area contributed by atoms with E-state index in [1.54, 1.807) is 6.07 Å². The molecular weight excluding hydrogens is 323 g/mol. The summed E-state index contributed by atoms with van der Waals surface area (Å²) >= 11 is 1.37. The third-order valence-corrected chi connectivity index (χ3v) is 5.32. The maximum atomic E-state index is 13.9. The smallest absolute Gasteiger partial charge is 0.261 e. The molecule has 1 saturated heterocycles. The van der Waals surface area contributed by atoms with Crippen molar-refractivity contribution in [3.05, 3.63) is 34.5 Å². The molecule has 1 fully saturated rings. The molecule has 6 heteroatoms. The molecule has 1 aromatic heterocycles. The number of hydrogen-bond acceptors (Lipinski definition) is 3. The molecule has 0 saturated carbocycles. The zero-order valence-corrected chi connectivity index (χ0v) is 14.1. The number of aryl methyl sites for hydroxylation is 1. The Kier molecular flexibility index (Phi) is 5.78. The van der Waals surface area contributed by atoms with E-state index in [1.807, 2.05) is 13.0 Å². The first-order chi connectivity index (χ1) is 10.2. The van der Waals surface area contributed by atoms with E-state index in [9.17, 15) is 9.18 Å². The summed E-state index contributed by atoms with van der Waals surface area (Å²) in [6.45, 7) is 4.53. The van der Waals surface area contributed by atoms with Gasteiger partial charge in [0.25, 0.3) is 5.91 Å². The third-order valence-electron chi connectivity index (χ3n) is 4.06. The number of nitrogens with one attached hydrogen (secondary N) is 2. The molecule has 3 rings (SSSR count). The van der Waals surface area contributed by atoms with Crippen molar-refractivity contribution in [3.8, 4) is 0 Å². The van der Waals surface area contributed by atoms with Crippen LogP contribution < -0.4 is 10.6 Å². The molecule has 22 heavy (non-hydrogen) atoms. The zero-order chi connectivity index (χ0) is 14.8. The van der Waals surface area contributed by atoms with E-state index >= 15 is 0 Å².